The molecule has 0 spiro atoms. The highest BCUT2D eigenvalue weighted by Gasteiger charge is 2.06. The Morgan fingerprint density at radius 1 is 1.44 bits per heavy atom. The highest BCUT2D eigenvalue weighted by molar-refractivity contribution is 5.34. The van der Waals surface area contributed by atoms with E-state index < -0.39 is 0 Å². The van der Waals surface area contributed by atoms with E-state index in [-0.39, 0.29) is 0 Å². The topological polar surface area (TPSA) is 81.7 Å². The molecule has 2 rings (SSSR count). The Kier molecular flexibility index (Phi) is 2.82. The number of nitrogens with one attached hydrogen (secondary N) is 1. The smallest absolute Gasteiger partial charge is 0.239 e. The van der Waals surface area contributed by atoms with E-state index in [9.17, 15) is 0 Å². The summed E-state index contributed by atoms with van der Waals surface area (Å²) in [4.78, 5) is 12.7. The van der Waals surface area contributed by atoms with E-state index >= 15 is 0 Å². The fraction of sp³-hybridized carbons (Fsp3) is 0.300. The predicted molar refractivity (Wildman–Crippen MR) is 61.1 cm³/mol. The number of aromatic nitrogens is 4. The highest BCUT2D eigenvalue weighted by Crippen LogP contribution is 2.11. The van der Waals surface area contributed by atoms with Crippen LogP contribution in [0.4, 0.5) is 5.95 Å². The van der Waals surface area contributed by atoms with Gasteiger partial charge in [-0.25, -0.2) is 15.8 Å². The van der Waals surface area contributed by atoms with Crippen molar-refractivity contribution in [1.29, 1.82) is 0 Å². The van der Waals surface area contributed by atoms with Gasteiger partial charge < -0.3 is 0 Å². The molecule has 0 fully saturated rings. The second kappa shape index (κ2) is 4.28. The Hall–Kier alpha value is -1.95. The van der Waals surface area contributed by atoms with Crippen molar-refractivity contribution < 1.29 is 0 Å². The van der Waals surface area contributed by atoms with Crippen molar-refractivity contribution in [2.75, 3.05) is 5.43 Å². The molecule has 0 unspecified atom stereocenters. The molecular formula is C10H14N6. The SMILES string of the molecule is CCc1nccn1-c1cc(C)nc(NN)n1. The molecule has 0 aliphatic heterocycles. The van der Waals surface area contributed by atoms with E-state index in [1.807, 2.05) is 23.8 Å². The van der Waals surface area contributed by atoms with Crippen molar-refractivity contribution in [3.63, 3.8) is 0 Å². The van der Waals surface area contributed by atoms with Crippen molar-refractivity contribution in [2.45, 2.75) is 20.3 Å². The van der Waals surface area contributed by atoms with Crippen molar-refractivity contribution in [2.24, 2.45) is 5.84 Å². The summed E-state index contributed by atoms with van der Waals surface area (Å²) < 4.78 is 1.93. The number of imidazole rings is 1. The fourth-order valence-corrected chi connectivity index (χ4v) is 1.54. The molecule has 0 aliphatic carbocycles. The average molecular weight is 218 g/mol. The molecule has 0 amide bonds. The van der Waals surface area contributed by atoms with Gasteiger partial charge in [0.1, 0.15) is 11.6 Å². The van der Waals surface area contributed by atoms with Gasteiger partial charge in [-0.3, -0.25) is 9.99 Å². The third-order valence-corrected chi connectivity index (χ3v) is 2.25. The molecule has 2 aromatic heterocycles. The lowest BCUT2D eigenvalue weighted by atomic mass is 10.4. The van der Waals surface area contributed by atoms with E-state index in [4.69, 9.17) is 5.84 Å². The normalized spacial score (nSPS) is 10.4. The number of anilines is 1. The van der Waals surface area contributed by atoms with Crippen LogP contribution in [-0.2, 0) is 6.42 Å². The van der Waals surface area contributed by atoms with Gasteiger partial charge in [0, 0.05) is 30.6 Å². The van der Waals surface area contributed by atoms with Gasteiger partial charge in [-0.15, -0.1) is 0 Å². The Morgan fingerprint density at radius 2 is 2.25 bits per heavy atom. The number of nitrogen functional groups attached to an aromatic ring is 1. The lowest BCUT2D eigenvalue weighted by Gasteiger charge is -2.08. The van der Waals surface area contributed by atoms with Gasteiger partial charge in [-0.05, 0) is 6.92 Å². The second-order valence-electron chi connectivity index (χ2n) is 3.40. The third kappa shape index (κ3) is 1.87. The van der Waals surface area contributed by atoms with Gasteiger partial charge in [-0.2, -0.15) is 4.98 Å². The Labute approximate surface area is 93.5 Å². The van der Waals surface area contributed by atoms with E-state index in [1.165, 1.54) is 0 Å². The predicted octanol–water partition coefficient (Wildman–Crippen LogP) is 0.819. The van der Waals surface area contributed by atoms with Crippen molar-refractivity contribution in [1.82, 2.24) is 19.5 Å². The van der Waals surface area contributed by atoms with Gasteiger partial charge >= 0.3 is 0 Å². The zero-order valence-electron chi connectivity index (χ0n) is 9.31. The quantitative estimate of drug-likeness (QED) is 0.588. The Morgan fingerprint density at radius 3 is 2.94 bits per heavy atom. The number of aryl methyl sites for hydroxylation is 2. The zero-order valence-corrected chi connectivity index (χ0v) is 9.31. The van der Waals surface area contributed by atoms with Crippen LogP contribution >= 0.6 is 0 Å². The molecular weight excluding hydrogens is 204 g/mol. The summed E-state index contributed by atoms with van der Waals surface area (Å²) in [6.45, 7) is 3.95. The summed E-state index contributed by atoms with van der Waals surface area (Å²) in [5, 5.41) is 0. The average Bonchev–Trinajstić information content (AvgIpc) is 2.76. The number of hydrogen-bond acceptors (Lipinski definition) is 5. The molecule has 0 saturated heterocycles. The van der Waals surface area contributed by atoms with Crippen LogP contribution in [0.2, 0.25) is 0 Å². The van der Waals surface area contributed by atoms with Gasteiger partial charge in [0.25, 0.3) is 0 Å². The fourth-order valence-electron chi connectivity index (χ4n) is 1.54. The molecule has 6 nitrogen and oxygen atoms in total. The number of nitrogens with two attached hydrogens (primary N) is 1. The minimum atomic E-state index is 0.408. The molecule has 3 N–H and O–H groups in total. The molecule has 0 saturated carbocycles. The molecule has 2 aromatic rings. The monoisotopic (exact) mass is 218 g/mol. The summed E-state index contributed by atoms with van der Waals surface area (Å²) in [5.74, 6) is 7.45. The second-order valence-corrected chi connectivity index (χ2v) is 3.40. The number of hydrogen-bond donors (Lipinski definition) is 2. The minimum Gasteiger partial charge on any atom is -0.292 e. The Bertz CT molecular complexity index is 490. The van der Waals surface area contributed by atoms with E-state index in [0.29, 0.717) is 5.95 Å². The van der Waals surface area contributed by atoms with Crippen LogP contribution in [0.3, 0.4) is 0 Å². The summed E-state index contributed by atoms with van der Waals surface area (Å²) >= 11 is 0. The van der Waals surface area contributed by atoms with Crippen LogP contribution in [-0.4, -0.2) is 19.5 Å². The number of hydrazine groups is 1. The van der Waals surface area contributed by atoms with Gasteiger partial charge in [0.05, 0.1) is 0 Å². The van der Waals surface area contributed by atoms with Gasteiger partial charge in [-0.1, -0.05) is 6.92 Å². The lowest BCUT2D eigenvalue weighted by Crippen LogP contribution is -2.13. The first-order valence-electron chi connectivity index (χ1n) is 5.09. The first-order chi connectivity index (χ1) is 7.74. The maximum Gasteiger partial charge on any atom is 0.239 e. The molecule has 0 radical (unpaired) electrons. The summed E-state index contributed by atoms with van der Waals surface area (Å²) in [7, 11) is 0. The zero-order chi connectivity index (χ0) is 11.5. The largest absolute Gasteiger partial charge is 0.292 e. The number of nitrogens with zero attached hydrogens (tertiary/aromatic N) is 4. The van der Waals surface area contributed by atoms with Crippen LogP contribution in [0, 0.1) is 6.92 Å². The first kappa shape index (κ1) is 10.6. The van der Waals surface area contributed by atoms with Gasteiger partial charge in [0.2, 0.25) is 5.95 Å². The van der Waals surface area contributed by atoms with E-state index in [1.54, 1.807) is 6.20 Å². The van der Waals surface area contributed by atoms with Crippen molar-refractivity contribution >= 4 is 5.95 Å². The summed E-state index contributed by atoms with van der Waals surface area (Å²) in [6.07, 6.45) is 4.48. The maximum absolute atomic E-state index is 5.31. The van der Waals surface area contributed by atoms with Crippen molar-refractivity contribution in [3.8, 4) is 5.82 Å². The van der Waals surface area contributed by atoms with E-state index in [0.717, 1.165) is 23.8 Å². The molecule has 0 aromatic carbocycles. The molecule has 0 atom stereocenters. The molecule has 6 heteroatoms. The van der Waals surface area contributed by atoms with E-state index in [2.05, 4.69) is 27.3 Å². The summed E-state index contributed by atoms with van der Waals surface area (Å²) in [6, 6.07) is 1.89. The maximum atomic E-state index is 5.31. The molecule has 0 bridgehead atoms. The minimum absolute atomic E-state index is 0.408. The van der Waals surface area contributed by atoms with Crippen LogP contribution in [0.25, 0.3) is 5.82 Å². The van der Waals surface area contributed by atoms with Gasteiger partial charge in [0.15, 0.2) is 0 Å². The van der Waals surface area contributed by atoms with Crippen LogP contribution in [0.1, 0.15) is 18.4 Å². The standard InChI is InChI=1S/C10H14N6/c1-3-8-12-4-5-16(8)9-6-7(2)13-10(14-9)15-11/h4-6H,3,11H2,1-2H3,(H,13,14,15). The van der Waals surface area contributed by atoms with Crippen molar-refractivity contribution in [3.05, 3.63) is 30.0 Å². The molecule has 0 aliphatic rings. The first-order valence-corrected chi connectivity index (χ1v) is 5.09. The van der Waals surface area contributed by atoms with Crippen LogP contribution < -0.4 is 11.3 Å². The van der Waals surface area contributed by atoms with Crippen LogP contribution in [0.15, 0.2) is 18.5 Å². The third-order valence-electron chi connectivity index (χ3n) is 2.25. The highest BCUT2D eigenvalue weighted by atomic mass is 15.3. The number of rotatable bonds is 3. The molecule has 84 valence electrons. The van der Waals surface area contributed by atoms with Crippen LogP contribution in [0.5, 0.6) is 0 Å². The lowest BCUT2D eigenvalue weighted by molar-refractivity contribution is 0.857. The molecule has 2 heterocycles. The molecule has 16 heavy (non-hydrogen) atoms. The Balaban J connectivity index is 2.51. The summed E-state index contributed by atoms with van der Waals surface area (Å²) in [5.41, 5.74) is 3.31.